The standard InChI is InChI=1S/C19H30N4O2/c1-3-24-18-9-5-4-7-15(18)11-21-19(20-2)22-12-17-13-23-10-6-8-16(23)14-25-17/h4-5,7,9,16-17H,3,6,8,10-14H2,1-2H3,(H2,20,21,22). The Bertz CT molecular complexity index is 578. The van der Waals surface area contributed by atoms with Crippen LogP contribution in [0.15, 0.2) is 29.3 Å². The molecule has 0 bridgehead atoms. The number of guanidine groups is 1. The van der Waals surface area contributed by atoms with E-state index < -0.39 is 0 Å². The molecule has 2 saturated heterocycles. The van der Waals surface area contributed by atoms with E-state index in [0.29, 0.717) is 19.2 Å². The number of nitrogens with one attached hydrogen (secondary N) is 2. The van der Waals surface area contributed by atoms with Crippen molar-refractivity contribution in [3.05, 3.63) is 29.8 Å². The van der Waals surface area contributed by atoms with Gasteiger partial charge in [0.1, 0.15) is 5.75 Å². The van der Waals surface area contributed by atoms with Gasteiger partial charge in [-0.2, -0.15) is 0 Å². The summed E-state index contributed by atoms with van der Waals surface area (Å²) in [6.45, 7) is 7.21. The lowest BCUT2D eigenvalue weighted by Gasteiger charge is -2.35. The Morgan fingerprint density at radius 2 is 2.24 bits per heavy atom. The van der Waals surface area contributed by atoms with Crippen LogP contribution in [0.25, 0.3) is 0 Å². The van der Waals surface area contributed by atoms with Gasteiger partial charge in [-0.25, -0.2) is 0 Å². The zero-order chi connectivity index (χ0) is 17.5. The molecule has 0 aliphatic carbocycles. The smallest absolute Gasteiger partial charge is 0.191 e. The van der Waals surface area contributed by atoms with Gasteiger partial charge in [0.15, 0.2) is 5.96 Å². The fourth-order valence-electron chi connectivity index (χ4n) is 3.57. The molecule has 1 aromatic rings. The predicted molar refractivity (Wildman–Crippen MR) is 100 cm³/mol. The van der Waals surface area contributed by atoms with Gasteiger partial charge in [-0.1, -0.05) is 18.2 Å². The zero-order valence-corrected chi connectivity index (χ0v) is 15.3. The highest BCUT2D eigenvalue weighted by Crippen LogP contribution is 2.22. The SMILES string of the molecule is CCOc1ccccc1CNC(=NC)NCC1CN2CCCC2CO1. The van der Waals surface area contributed by atoms with Crippen molar-refractivity contribution >= 4 is 5.96 Å². The molecule has 2 heterocycles. The first-order chi connectivity index (χ1) is 12.3. The Balaban J connectivity index is 1.45. The van der Waals surface area contributed by atoms with Crippen molar-refractivity contribution in [3.63, 3.8) is 0 Å². The summed E-state index contributed by atoms with van der Waals surface area (Å²) >= 11 is 0. The lowest BCUT2D eigenvalue weighted by molar-refractivity contribution is -0.0453. The molecule has 25 heavy (non-hydrogen) atoms. The molecule has 2 fully saturated rings. The molecule has 6 nitrogen and oxygen atoms in total. The summed E-state index contributed by atoms with van der Waals surface area (Å²) in [5, 5.41) is 6.75. The van der Waals surface area contributed by atoms with E-state index >= 15 is 0 Å². The minimum Gasteiger partial charge on any atom is -0.494 e. The topological polar surface area (TPSA) is 58.1 Å². The van der Waals surface area contributed by atoms with Crippen LogP contribution in [-0.4, -0.2) is 62.9 Å². The van der Waals surface area contributed by atoms with Crippen LogP contribution in [0.1, 0.15) is 25.3 Å². The molecule has 2 atom stereocenters. The second-order valence-corrected chi connectivity index (χ2v) is 6.59. The van der Waals surface area contributed by atoms with Crippen LogP contribution >= 0.6 is 0 Å². The Kier molecular flexibility index (Phi) is 6.53. The van der Waals surface area contributed by atoms with Crippen molar-refractivity contribution in [2.75, 3.05) is 39.9 Å². The normalized spacial score (nSPS) is 24.0. The van der Waals surface area contributed by atoms with Crippen molar-refractivity contribution in [2.24, 2.45) is 4.99 Å². The first-order valence-electron chi connectivity index (χ1n) is 9.31. The summed E-state index contributed by atoms with van der Waals surface area (Å²) < 4.78 is 11.7. The van der Waals surface area contributed by atoms with Crippen LogP contribution in [0, 0.1) is 0 Å². The van der Waals surface area contributed by atoms with Gasteiger partial charge in [0.2, 0.25) is 0 Å². The lowest BCUT2D eigenvalue weighted by atomic mass is 10.2. The van der Waals surface area contributed by atoms with E-state index in [1.54, 1.807) is 7.05 Å². The van der Waals surface area contributed by atoms with Gasteiger partial charge in [0, 0.05) is 38.3 Å². The van der Waals surface area contributed by atoms with Crippen LogP contribution < -0.4 is 15.4 Å². The summed E-state index contributed by atoms with van der Waals surface area (Å²) in [6, 6.07) is 8.73. The van der Waals surface area contributed by atoms with Crippen LogP contribution in [-0.2, 0) is 11.3 Å². The monoisotopic (exact) mass is 346 g/mol. The predicted octanol–water partition coefficient (Wildman–Crippen LogP) is 1.61. The molecule has 2 aliphatic rings. The highest BCUT2D eigenvalue weighted by molar-refractivity contribution is 5.79. The molecule has 138 valence electrons. The molecule has 0 spiro atoms. The van der Waals surface area contributed by atoms with Gasteiger partial charge in [-0.3, -0.25) is 9.89 Å². The number of rotatable bonds is 6. The van der Waals surface area contributed by atoms with E-state index in [0.717, 1.165) is 37.0 Å². The first-order valence-corrected chi connectivity index (χ1v) is 9.31. The molecule has 2 unspecified atom stereocenters. The molecule has 2 aliphatic heterocycles. The van der Waals surface area contributed by atoms with E-state index in [1.165, 1.54) is 19.4 Å². The van der Waals surface area contributed by atoms with Gasteiger partial charge in [0.25, 0.3) is 0 Å². The van der Waals surface area contributed by atoms with Gasteiger partial charge < -0.3 is 20.1 Å². The number of fused-ring (bicyclic) bond motifs is 1. The molecule has 2 N–H and O–H groups in total. The highest BCUT2D eigenvalue weighted by atomic mass is 16.5. The van der Waals surface area contributed by atoms with Crippen molar-refractivity contribution in [1.29, 1.82) is 0 Å². The Morgan fingerprint density at radius 1 is 1.36 bits per heavy atom. The first kappa shape index (κ1) is 18.0. The van der Waals surface area contributed by atoms with Crippen LogP contribution in [0.2, 0.25) is 0 Å². The fraction of sp³-hybridized carbons (Fsp3) is 0.632. The molecule has 6 heteroatoms. The van der Waals surface area contributed by atoms with Crippen molar-refractivity contribution in [1.82, 2.24) is 15.5 Å². The van der Waals surface area contributed by atoms with Crippen molar-refractivity contribution < 1.29 is 9.47 Å². The van der Waals surface area contributed by atoms with Crippen LogP contribution in [0.4, 0.5) is 0 Å². The average molecular weight is 346 g/mol. The zero-order valence-electron chi connectivity index (χ0n) is 15.3. The van der Waals surface area contributed by atoms with E-state index in [4.69, 9.17) is 9.47 Å². The van der Waals surface area contributed by atoms with Gasteiger partial charge in [-0.15, -0.1) is 0 Å². The Labute approximate surface area is 150 Å². The van der Waals surface area contributed by atoms with Gasteiger partial charge in [-0.05, 0) is 32.4 Å². The van der Waals surface area contributed by atoms with E-state index in [1.807, 2.05) is 25.1 Å². The summed E-state index contributed by atoms with van der Waals surface area (Å²) in [5.41, 5.74) is 1.13. The number of ether oxygens (including phenoxy) is 2. The third-order valence-corrected chi connectivity index (χ3v) is 4.90. The molecule has 0 amide bonds. The summed E-state index contributed by atoms with van der Waals surface area (Å²) in [4.78, 5) is 6.87. The number of hydrogen-bond acceptors (Lipinski definition) is 4. The maximum atomic E-state index is 5.99. The lowest BCUT2D eigenvalue weighted by Crippen LogP contribution is -2.51. The van der Waals surface area contributed by atoms with Crippen molar-refractivity contribution in [3.8, 4) is 5.75 Å². The van der Waals surface area contributed by atoms with Crippen molar-refractivity contribution in [2.45, 2.75) is 38.5 Å². The summed E-state index contributed by atoms with van der Waals surface area (Å²) in [6.07, 6.45) is 2.81. The number of morpholine rings is 1. The fourth-order valence-corrected chi connectivity index (χ4v) is 3.57. The minimum absolute atomic E-state index is 0.226. The number of nitrogens with zero attached hydrogens (tertiary/aromatic N) is 2. The Hall–Kier alpha value is -1.79. The number of hydrogen-bond donors (Lipinski definition) is 2. The average Bonchev–Trinajstić information content (AvgIpc) is 3.11. The van der Waals surface area contributed by atoms with E-state index in [-0.39, 0.29) is 6.10 Å². The second-order valence-electron chi connectivity index (χ2n) is 6.59. The molecule has 0 saturated carbocycles. The quantitative estimate of drug-likeness (QED) is 0.605. The summed E-state index contributed by atoms with van der Waals surface area (Å²) in [5.74, 6) is 1.71. The molecular formula is C19H30N4O2. The van der Waals surface area contributed by atoms with E-state index in [2.05, 4.69) is 26.6 Å². The highest BCUT2D eigenvalue weighted by Gasteiger charge is 2.32. The van der Waals surface area contributed by atoms with Crippen LogP contribution in [0.3, 0.4) is 0 Å². The third-order valence-electron chi connectivity index (χ3n) is 4.90. The molecule has 1 aromatic carbocycles. The number of para-hydroxylation sites is 1. The molecule has 3 rings (SSSR count). The second kappa shape index (κ2) is 9.06. The Morgan fingerprint density at radius 3 is 3.08 bits per heavy atom. The molecule has 0 aromatic heterocycles. The molecular weight excluding hydrogens is 316 g/mol. The maximum absolute atomic E-state index is 5.99. The van der Waals surface area contributed by atoms with Gasteiger partial charge >= 0.3 is 0 Å². The summed E-state index contributed by atoms with van der Waals surface area (Å²) in [7, 11) is 1.79. The van der Waals surface area contributed by atoms with Crippen LogP contribution in [0.5, 0.6) is 5.75 Å². The number of aliphatic imine (C=N–C) groups is 1. The third kappa shape index (κ3) is 4.86. The van der Waals surface area contributed by atoms with Gasteiger partial charge in [0.05, 0.1) is 19.3 Å². The maximum Gasteiger partial charge on any atom is 0.191 e. The molecule has 0 radical (unpaired) electrons. The number of benzene rings is 1. The largest absolute Gasteiger partial charge is 0.494 e. The van der Waals surface area contributed by atoms with E-state index in [9.17, 15) is 0 Å². The minimum atomic E-state index is 0.226.